The van der Waals surface area contributed by atoms with Gasteiger partial charge < -0.3 is 45.8 Å². The first-order valence-electron chi connectivity index (χ1n) is 30.9. The van der Waals surface area contributed by atoms with Gasteiger partial charge in [0.2, 0.25) is 0 Å². The predicted octanol–water partition coefficient (Wildman–Crippen LogP) is 9.81. The zero-order chi connectivity index (χ0) is 58.6. The highest BCUT2D eigenvalue weighted by molar-refractivity contribution is 6.31. The first-order chi connectivity index (χ1) is 37.1. The summed E-state index contributed by atoms with van der Waals surface area (Å²) in [6, 6.07) is 16.3. The van der Waals surface area contributed by atoms with Crippen LogP contribution < -0.4 is 21.3 Å². The van der Waals surface area contributed by atoms with E-state index in [-0.39, 0.29) is 22.6 Å². The van der Waals surface area contributed by atoms with Gasteiger partial charge in [0.05, 0.1) is 10.6 Å². The molecule has 79 heavy (non-hydrogen) atoms. The molecule has 0 bridgehead atoms. The van der Waals surface area contributed by atoms with Gasteiger partial charge in [-0.25, -0.2) is 0 Å². The number of nitrogens with zero attached hydrogens (tertiary/aromatic N) is 7. The van der Waals surface area contributed by atoms with E-state index in [9.17, 15) is 13.2 Å². The third-order valence-electron chi connectivity index (χ3n) is 18.3. The summed E-state index contributed by atoms with van der Waals surface area (Å²) in [5, 5.41) is 15.9. The molecule has 2 saturated heterocycles. The molecule has 2 heterocycles. The molecule has 15 heteroatoms. The molecule has 0 radical (unpaired) electrons. The Kier molecular flexibility index (Phi) is 30.1. The largest absolute Gasteiger partial charge is 0.417 e. The van der Waals surface area contributed by atoms with Crippen LogP contribution in [0.5, 0.6) is 0 Å². The lowest BCUT2D eigenvalue weighted by Gasteiger charge is -2.45. The molecule has 2 aromatic rings. The third kappa shape index (κ3) is 25.1. The van der Waals surface area contributed by atoms with Gasteiger partial charge in [0.25, 0.3) is 0 Å². The number of fused-ring (bicyclic) bond motifs is 1. The fourth-order valence-corrected chi connectivity index (χ4v) is 11.9. The summed E-state index contributed by atoms with van der Waals surface area (Å²) in [6.07, 6.45) is 3.56. The standard InChI is InChI=1S/C64H117ClF3N11/c1-18-50(7)62-45-74(13)33-34-79-31-28-58(79)44-77(16)59(37-53-21-19-49(6)20-22-53)43-73(12)32-29-69-55(25-23-54-24-26-60(61(65)38-54)64(66,67)68)40-70-57(36-48(4)5)42-78(17)63(10,11)46-72-56(35-47(2)3)41-76(15)51(8)27-30-75(14)52(9)39-71-62/h19-22,24,26,38,47-48,50-52,55-59,62,69-72H,18,23,25,27-37,39-46H2,1-17H3/t50-,51+,52-,55-,56-,57-,58-,59-,62+/m0/s1. The van der Waals surface area contributed by atoms with Gasteiger partial charge in [-0.1, -0.05) is 95.5 Å². The van der Waals surface area contributed by atoms with Crippen molar-refractivity contribution in [3.05, 3.63) is 69.7 Å². The molecule has 0 amide bonds. The number of hydrogen-bond donors (Lipinski definition) is 4. The number of likely N-dealkylation sites (N-methyl/N-ethyl adjacent to an activating group) is 6. The fourth-order valence-electron chi connectivity index (χ4n) is 11.6. The van der Waals surface area contributed by atoms with Crippen LogP contribution in [-0.2, 0) is 19.0 Å². The van der Waals surface area contributed by atoms with Crippen LogP contribution in [0.25, 0.3) is 0 Å². The summed E-state index contributed by atoms with van der Waals surface area (Å²) in [5.41, 5.74) is 2.59. The van der Waals surface area contributed by atoms with Crippen molar-refractivity contribution < 1.29 is 13.2 Å². The molecule has 0 aliphatic carbocycles. The van der Waals surface area contributed by atoms with Gasteiger partial charge in [-0.05, 0) is 169 Å². The van der Waals surface area contributed by atoms with Crippen molar-refractivity contribution in [2.45, 2.75) is 188 Å². The van der Waals surface area contributed by atoms with Gasteiger partial charge in [0.1, 0.15) is 0 Å². The molecule has 0 aromatic heterocycles. The van der Waals surface area contributed by atoms with Crippen LogP contribution in [0.3, 0.4) is 0 Å². The molecule has 11 nitrogen and oxygen atoms in total. The van der Waals surface area contributed by atoms with E-state index in [0.29, 0.717) is 60.4 Å². The van der Waals surface area contributed by atoms with Crippen molar-refractivity contribution in [1.29, 1.82) is 0 Å². The normalized spacial score (nSPS) is 28.5. The molecule has 2 aliphatic heterocycles. The molecule has 2 aliphatic rings. The molecule has 4 rings (SSSR count). The topological polar surface area (TPSA) is 70.8 Å². The van der Waals surface area contributed by atoms with Crippen molar-refractivity contribution >= 4 is 11.6 Å². The number of alkyl halides is 3. The number of aryl methyl sites for hydroxylation is 2. The van der Waals surface area contributed by atoms with Crippen LogP contribution in [0.2, 0.25) is 5.02 Å². The summed E-state index contributed by atoms with van der Waals surface area (Å²) in [7, 11) is 13.8. The van der Waals surface area contributed by atoms with Gasteiger partial charge in [-0.15, -0.1) is 0 Å². The highest BCUT2D eigenvalue weighted by Crippen LogP contribution is 2.35. The van der Waals surface area contributed by atoms with Gasteiger partial charge in [0, 0.05) is 139 Å². The maximum Gasteiger partial charge on any atom is 0.417 e. The maximum atomic E-state index is 13.7. The number of benzene rings is 2. The Balaban J connectivity index is 1.59. The summed E-state index contributed by atoms with van der Waals surface area (Å²) in [4.78, 5) is 18.1. The third-order valence-corrected chi connectivity index (χ3v) is 18.6. The van der Waals surface area contributed by atoms with E-state index >= 15 is 0 Å². The van der Waals surface area contributed by atoms with E-state index < -0.39 is 11.7 Å². The Labute approximate surface area is 487 Å². The van der Waals surface area contributed by atoms with E-state index in [1.807, 2.05) is 0 Å². The van der Waals surface area contributed by atoms with E-state index in [0.717, 1.165) is 142 Å². The van der Waals surface area contributed by atoms with E-state index in [1.54, 1.807) is 6.07 Å². The van der Waals surface area contributed by atoms with Crippen molar-refractivity contribution in [3.63, 3.8) is 0 Å². The smallest absolute Gasteiger partial charge is 0.311 e. The first kappa shape index (κ1) is 69.6. The number of halogens is 4. The van der Waals surface area contributed by atoms with Crippen molar-refractivity contribution in [2.24, 2.45) is 17.8 Å². The lowest BCUT2D eigenvalue weighted by Crippen LogP contribution is -2.57. The molecule has 0 spiro atoms. The Morgan fingerprint density at radius 3 is 1.91 bits per heavy atom. The first-order valence-corrected chi connectivity index (χ1v) is 31.3. The molecule has 0 unspecified atom stereocenters. The second-order valence-electron chi connectivity index (χ2n) is 26.7. The van der Waals surface area contributed by atoms with Crippen molar-refractivity contribution in [3.8, 4) is 0 Å². The number of rotatable bonds is 11. The highest BCUT2D eigenvalue weighted by Gasteiger charge is 2.34. The van der Waals surface area contributed by atoms with Gasteiger partial charge in [0.15, 0.2) is 0 Å². The minimum Gasteiger partial charge on any atom is -0.311 e. The molecule has 456 valence electrons. The van der Waals surface area contributed by atoms with Crippen LogP contribution in [0.4, 0.5) is 13.2 Å². The second-order valence-corrected chi connectivity index (χ2v) is 27.1. The Morgan fingerprint density at radius 2 is 1.30 bits per heavy atom. The average molecular weight is 1130 g/mol. The van der Waals surface area contributed by atoms with Gasteiger partial charge in [-0.3, -0.25) is 9.80 Å². The quantitative estimate of drug-likeness (QED) is 0.174. The van der Waals surface area contributed by atoms with E-state index in [4.69, 9.17) is 11.6 Å². The fraction of sp³-hybridized carbons (Fsp3) is 0.812. The summed E-state index contributed by atoms with van der Waals surface area (Å²) in [6.45, 7) is 39.3. The summed E-state index contributed by atoms with van der Waals surface area (Å²) < 4.78 is 41.1. The van der Waals surface area contributed by atoms with Gasteiger partial charge in [-0.2, -0.15) is 13.2 Å². The zero-order valence-corrected chi connectivity index (χ0v) is 53.8. The zero-order valence-electron chi connectivity index (χ0n) is 53.1. The lowest BCUT2D eigenvalue weighted by molar-refractivity contribution is -0.137. The molecule has 4 N–H and O–H groups in total. The molecule has 2 aromatic carbocycles. The average Bonchev–Trinajstić information content (AvgIpc) is 3.36. The SMILES string of the molecule is CC[C@H](C)[C@H]1CN(C)CCN2CC[C@H]2CN(C)[C@@H](Cc2ccc(C)cc2)CN(C)CCN[C@@H](CCc2ccc(C(F)(F)F)c(Cl)c2)CN[C@@H](CC(C)C)CN(C)C(C)(C)CN[C@@H](CC(C)C)CN(C)[C@H](C)CCN(C)[C@@H](C)CN1. The minimum absolute atomic E-state index is 0.0961. The van der Waals surface area contributed by atoms with E-state index in [2.05, 4.69) is 198 Å². The summed E-state index contributed by atoms with van der Waals surface area (Å²) >= 11 is 6.26. The van der Waals surface area contributed by atoms with E-state index in [1.165, 1.54) is 23.6 Å². The number of nitrogens with one attached hydrogen (secondary N) is 4. The molecular formula is C64H117ClF3N11. The maximum absolute atomic E-state index is 13.7. The van der Waals surface area contributed by atoms with Crippen molar-refractivity contribution in [1.82, 2.24) is 55.6 Å². The molecular weight excluding hydrogens is 1020 g/mol. The minimum atomic E-state index is -4.48. The van der Waals surface area contributed by atoms with Crippen molar-refractivity contribution in [2.75, 3.05) is 134 Å². The lowest BCUT2D eigenvalue weighted by atomic mass is 9.97. The monoisotopic (exact) mass is 1130 g/mol. The Bertz CT molecular complexity index is 1970. The van der Waals surface area contributed by atoms with Crippen LogP contribution in [0.1, 0.15) is 130 Å². The Morgan fingerprint density at radius 1 is 0.658 bits per heavy atom. The van der Waals surface area contributed by atoms with Crippen LogP contribution in [0, 0.1) is 24.7 Å². The van der Waals surface area contributed by atoms with Gasteiger partial charge >= 0.3 is 6.18 Å². The summed E-state index contributed by atoms with van der Waals surface area (Å²) in [5.74, 6) is 1.68. The van der Waals surface area contributed by atoms with Crippen LogP contribution in [-0.4, -0.2) is 222 Å². The van der Waals surface area contributed by atoms with Crippen LogP contribution in [0.15, 0.2) is 42.5 Å². The predicted molar refractivity (Wildman–Crippen MR) is 332 cm³/mol. The molecule has 0 saturated carbocycles. The molecule has 2 fully saturated rings. The number of hydrogen-bond acceptors (Lipinski definition) is 11. The Hall–Kier alpha value is -1.92. The molecule has 9 atom stereocenters. The van der Waals surface area contributed by atoms with Crippen LogP contribution >= 0.6 is 11.6 Å². The second kappa shape index (κ2) is 34.1. The highest BCUT2D eigenvalue weighted by atomic mass is 35.5.